The fraction of sp³-hybridized carbons (Fsp3) is 0.143. The number of rotatable bonds is 5. The minimum Gasteiger partial charge on any atom is -0.493 e. The van der Waals surface area contributed by atoms with Crippen LogP contribution in [0.4, 0.5) is 5.69 Å². The molecule has 0 fully saturated rings. The van der Waals surface area contributed by atoms with Crippen molar-refractivity contribution in [3.05, 3.63) is 59.2 Å². The molecule has 0 aliphatic carbocycles. The van der Waals surface area contributed by atoms with E-state index in [1.165, 1.54) is 11.3 Å². The molecule has 0 aliphatic heterocycles. The first-order valence-corrected chi connectivity index (χ1v) is 9.49. The van der Waals surface area contributed by atoms with Gasteiger partial charge in [-0.3, -0.25) is 4.79 Å². The molecular weight excluding hydrogens is 374 g/mol. The highest BCUT2D eigenvalue weighted by Gasteiger charge is 2.18. The summed E-state index contributed by atoms with van der Waals surface area (Å²) in [6, 6.07) is 13.4. The Morgan fingerprint density at radius 3 is 2.68 bits per heavy atom. The van der Waals surface area contributed by atoms with Gasteiger partial charge in [-0.05, 0) is 48.7 Å². The van der Waals surface area contributed by atoms with Gasteiger partial charge in [0.1, 0.15) is 9.88 Å². The molecule has 2 N–H and O–H groups in total. The number of aromatic nitrogens is 2. The molecule has 0 saturated heterocycles. The fourth-order valence-corrected chi connectivity index (χ4v) is 3.97. The van der Waals surface area contributed by atoms with E-state index in [0.717, 1.165) is 27.2 Å². The average Bonchev–Trinajstić information content (AvgIpc) is 3.33. The van der Waals surface area contributed by atoms with E-state index in [9.17, 15) is 4.79 Å². The summed E-state index contributed by atoms with van der Waals surface area (Å²) in [5, 5.41) is 4.81. The molecule has 4 aromatic rings. The van der Waals surface area contributed by atoms with Crippen LogP contribution >= 0.6 is 11.3 Å². The highest BCUT2D eigenvalue weighted by molar-refractivity contribution is 7.17. The van der Waals surface area contributed by atoms with E-state index < -0.39 is 0 Å². The second-order valence-corrected chi connectivity index (χ2v) is 7.24. The Hall–Kier alpha value is -3.32. The first kappa shape index (κ1) is 18.1. The molecule has 0 aliphatic rings. The van der Waals surface area contributed by atoms with Crippen LogP contribution in [0.3, 0.4) is 0 Å². The fourth-order valence-electron chi connectivity index (χ4n) is 3.01. The van der Waals surface area contributed by atoms with Crippen molar-refractivity contribution in [2.24, 2.45) is 0 Å². The molecule has 1 amide bonds. The Balaban J connectivity index is 1.60. The summed E-state index contributed by atoms with van der Waals surface area (Å²) in [5.41, 5.74) is 3.27. The molecule has 7 heteroatoms. The molecule has 0 saturated carbocycles. The van der Waals surface area contributed by atoms with Gasteiger partial charge in [0.2, 0.25) is 0 Å². The second-order valence-electron chi connectivity index (χ2n) is 6.24. The lowest BCUT2D eigenvalue weighted by Gasteiger charge is -2.08. The number of nitrogens with zero attached hydrogens (tertiary/aromatic N) is 1. The van der Waals surface area contributed by atoms with Gasteiger partial charge in [0.15, 0.2) is 11.5 Å². The predicted molar refractivity (Wildman–Crippen MR) is 112 cm³/mol. The second kappa shape index (κ2) is 7.36. The molecule has 2 aromatic heterocycles. The van der Waals surface area contributed by atoms with E-state index in [1.807, 2.05) is 55.6 Å². The zero-order valence-corrected chi connectivity index (χ0v) is 16.5. The SMILES string of the molecule is COc1ccc(-c2nc(C)c(C(=O)Nc3ccc4cc[nH]c4c3)s2)cc1OC. The molecule has 0 unspecified atom stereocenters. The third-order valence-electron chi connectivity index (χ3n) is 4.45. The number of hydrogen-bond donors (Lipinski definition) is 2. The lowest BCUT2D eigenvalue weighted by molar-refractivity contribution is 0.103. The van der Waals surface area contributed by atoms with Gasteiger partial charge in [0.05, 0.1) is 19.9 Å². The van der Waals surface area contributed by atoms with Crippen LogP contribution in [0.1, 0.15) is 15.4 Å². The molecule has 0 atom stereocenters. The van der Waals surface area contributed by atoms with Crippen molar-refractivity contribution in [1.82, 2.24) is 9.97 Å². The lowest BCUT2D eigenvalue weighted by Crippen LogP contribution is -2.11. The highest BCUT2D eigenvalue weighted by Crippen LogP contribution is 2.35. The molecule has 2 heterocycles. The number of carbonyl (C=O) groups excluding carboxylic acids is 1. The third-order valence-corrected chi connectivity index (χ3v) is 5.65. The summed E-state index contributed by atoms with van der Waals surface area (Å²) in [5.74, 6) is 1.10. The van der Waals surface area contributed by atoms with Gasteiger partial charge < -0.3 is 19.8 Å². The Labute approximate surface area is 166 Å². The van der Waals surface area contributed by atoms with Crippen LogP contribution in [0.15, 0.2) is 48.7 Å². The molecule has 0 radical (unpaired) electrons. The summed E-state index contributed by atoms with van der Waals surface area (Å²) in [6.45, 7) is 1.84. The largest absolute Gasteiger partial charge is 0.493 e. The maximum absolute atomic E-state index is 12.8. The standard InChI is InChI=1S/C21H19N3O3S/c1-12-19(20(25)24-15-6-4-13-8-9-22-16(13)11-15)28-21(23-12)14-5-7-17(26-2)18(10-14)27-3/h4-11,22H,1-3H3,(H,24,25). The molecule has 0 spiro atoms. The van der Waals surface area contributed by atoms with Crippen molar-refractivity contribution in [2.75, 3.05) is 19.5 Å². The summed E-state index contributed by atoms with van der Waals surface area (Å²) >= 11 is 1.35. The number of carbonyl (C=O) groups is 1. The number of H-pyrrole nitrogens is 1. The van der Waals surface area contributed by atoms with Gasteiger partial charge in [-0.25, -0.2) is 4.98 Å². The first-order chi connectivity index (χ1) is 13.6. The lowest BCUT2D eigenvalue weighted by atomic mass is 10.2. The van der Waals surface area contributed by atoms with Crippen molar-refractivity contribution >= 4 is 33.8 Å². The van der Waals surface area contributed by atoms with Gasteiger partial charge in [0, 0.05) is 23.0 Å². The smallest absolute Gasteiger partial charge is 0.267 e. The molecule has 0 bridgehead atoms. The van der Waals surface area contributed by atoms with E-state index in [1.54, 1.807) is 14.2 Å². The summed E-state index contributed by atoms with van der Waals surface area (Å²) in [7, 11) is 3.19. The number of benzene rings is 2. The van der Waals surface area contributed by atoms with Crippen molar-refractivity contribution in [1.29, 1.82) is 0 Å². The van der Waals surface area contributed by atoms with Gasteiger partial charge >= 0.3 is 0 Å². The van der Waals surface area contributed by atoms with Crippen LogP contribution in [0, 0.1) is 6.92 Å². The van der Waals surface area contributed by atoms with E-state index >= 15 is 0 Å². The van der Waals surface area contributed by atoms with E-state index in [-0.39, 0.29) is 5.91 Å². The van der Waals surface area contributed by atoms with Crippen LogP contribution in [-0.2, 0) is 0 Å². The van der Waals surface area contributed by atoms with Crippen molar-refractivity contribution in [3.63, 3.8) is 0 Å². The summed E-state index contributed by atoms with van der Waals surface area (Å²) in [4.78, 5) is 21.1. The maximum atomic E-state index is 12.8. The number of amides is 1. The van der Waals surface area contributed by atoms with Gasteiger partial charge in [-0.15, -0.1) is 11.3 Å². The number of methoxy groups -OCH3 is 2. The minimum atomic E-state index is -0.173. The molecule has 28 heavy (non-hydrogen) atoms. The van der Waals surface area contributed by atoms with Gasteiger partial charge in [0.25, 0.3) is 5.91 Å². The highest BCUT2D eigenvalue weighted by atomic mass is 32.1. The summed E-state index contributed by atoms with van der Waals surface area (Å²) in [6.07, 6.45) is 1.87. The zero-order valence-electron chi connectivity index (χ0n) is 15.7. The van der Waals surface area contributed by atoms with Crippen LogP contribution in [0.5, 0.6) is 11.5 Å². The number of nitrogens with one attached hydrogen (secondary N) is 2. The third kappa shape index (κ3) is 3.32. The van der Waals surface area contributed by atoms with Crippen molar-refractivity contribution in [2.45, 2.75) is 6.92 Å². The Bertz CT molecular complexity index is 1160. The van der Waals surface area contributed by atoms with Crippen molar-refractivity contribution < 1.29 is 14.3 Å². The summed E-state index contributed by atoms with van der Waals surface area (Å²) < 4.78 is 10.6. The molecule has 142 valence electrons. The quantitative estimate of drug-likeness (QED) is 0.507. The van der Waals surface area contributed by atoms with Gasteiger partial charge in [-0.1, -0.05) is 6.07 Å². The van der Waals surface area contributed by atoms with E-state index in [2.05, 4.69) is 15.3 Å². The topological polar surface area (TPSA) is 76.2 Å². The average molecular weight is 393 g/mol. The van der Waals surface area contributed by atoms with Crippen LogP contribution in [0.25, 0.3) is 21.5 Å². The predicted octanol–water partition coefficient (Wildman–Crippen LogP) is 4.87. The van der Waals surface area contributed by atoms with E-state index in [4.69, 9.17) is 9.47 Å². The number of hydrogen-bond acceptors (Lipinski definition) is 5. The number of anilines is 1. The van der Waals surface area contributed by atoms with E-state index in [0.29, 0.717) is 22.1 Å². The molecule has 2 aromatic carbocycles. The maximum Gasteiger partial charge on any atom is 0.267 e. The van der Waals surface area contributed by atoms with Crippen LogP contribution in [0.2, 0.25) is 0 Å². The van der Waals surface area contributed by atoms with Crippen LogP contribution < -0.4 is 14.8 Å². The number of aromatic amines is 1. The number of thiazole rings is 1. The normalized spacial score (nSPS) is 10.8. The number of fused-ring (bicyclic) bond motifs is 1. The zero-order chi connectivity index (χ0) is 19.7. The molecule has 4 rings (SSSR count). The number of aryl methyl sites for hydroxylation is 1. The minimum absolute atomic E-state index is 0.173. The Morgan fingerprint density at radius 1 is 1.07 bits per heavy atom. The number of ether oxygens (including phenoxy) is 2. The van der Waals surface area contributed by atoms with Crippen LogP contribution in [-0.4, -0.2) is 30.1 Å². The molecule has 6 nitrogen and oxygen atoms in total. The monoisotopic (exact) mass is 393 g/mol. The Morgan fingerprint density at radius 2 is 1.89 bits per heavy atom. The molecular formula is C21H19N3O3S. The Kier molecular flexibility index (Phi) is 4.75. The van der Waals surface area contributed by atoms with Gasteiger partial charge in [-0.2, -0.15) is 0 Å². The first-order valence-electron chi connectivity index (χ1n) is 8.67. The van der Waals surface area contributed by atoms with Crippen molar-refractivity contribution in [3.8, 4) is 22.1 Å².